The fourth-order valence-electron chi connectivity index (χ4n) is 5.83. The van der Waals surface area contributed by atoms with E-state index >= 15 is 0 Å². The third-order valence-electron chi connectivity index (χ3n) is 8.09. The van der Waals surface area contributed by atoms with Crippen molar-refractivity contribution < 1.29 is 14.3 Å². The van der Waals surface area contributed by atoms with Gasteiger partial charge in [-0.2, -0.15) is 5.10 Å². The van der Waals surface area contributed by atoms with E-state index in [1.54, 1.807) is 20.5 Å². The minimum absolute atomic E-state index is 0.0608. The van der Waals surface area contributed by atoms with Crippen molar-refractivity contribution in [3.05, 3.63) is 65.6 Å². The molecule has 2 atom stereocenters. The summed E-state index contributed by atoms with van der Waals surface area (Å²) in [6.45, 7) is 0. The topological polar surface area (TPSA) is 114 Å². The Kier molecular flexibility index (Phi) is 4.59. The molecule has 2 saturated carbocycles. The van der Waals surface area contributed by atoms with Crippen LogP contribution in [0.2, 0.25) is 0 Å². The van der Waals surface area contributed by atoms with Gasteiger partial charge < -0.3 is 20.1 Å². The Morgan fingerprint density at radius 3 is 2.81 bits per heavy atom. The number of anilines is 3. The van der Waals surface area contributed by atoms with Crippen molar-refractivity contribution in [1.82, 2.24) is 20.2 Å². The summed E-state index contributed by atoms with van der Waals surface area (Å²) in [6.07, 6.45) is 4.66. The molecule has 9 heteroatoms. The number of rotatable bonds is 6. The predicted molar refractivity (Wildman–Crippen MR) is 135 cm³/mol. The zero-order chi connectivity index (χ0) is 24.4. The minimum Gasteiger partial charge on any atom is -0.497 e. The molecule has 182 valence electrons. The minimum atomic E-state index is -0.528. The second kappa shape index (κ2) is 7.76. The largest absolute Gasteiger partial charge is 0.497 e. The molecule has 3 N–H and O–H groups in total. The normalized spacial score (nSPS) is 25.9. The van der Waals surface area contributed by atoms with Crippen molar-refractivity contribution in [1.29, 1.82) is 0 Å². The lowest BCUT2D eigenvalue weighted by atomic mass is 9.80. The summed E-state index contributed by atoms with van der Waals surface area (Å²) in [5.41, 5.74) is 4.42. The van der Waals surface area contributed by atoms with Gasteiger partial charge in [0.1, 0.15) is 17.9 Å². The zero-order valence-corrected chi connectivity index (χ0v) is 20.0. The van der Waals surface area contributed by atoms with E-state index in [-0.39, 0.29) is 11.8 Å². The number of hydrogen-bond donors (Lipinski definition) is 3. The maximum atomic E-state index is 13.0. The van der Waals surface area contributed by atoms with Gasteiger partial charge in [-0.15, -0.1) is 0 Å². The first-order chi connectivity index (χ1) is 17.6. The Morgan fingerprint density at radius 1 is 1.08 bits per heavy atom. The number of ether oxygens (including phenoxy) is 2. The second-order valence-electron chi connectivity index (χ2n) is 9.95. The van der Waals surface area contributed by atoms with E-state index in [1.807, 2.05) is 24.3 Å². The molecule has 1 aliphatic heterocycles. The van der Waals surface area contributed by atoms with Crippen LogP contribution in [0.15, 0.2) is 48.8 Å². The van der Waals surface area contributed by atoms with Crippen molar-refractivity contribution in [2.45, 2.75) is 42.6 Å². The maximum absolute atomic E-state index is 13.0. The molecule has 7 rings (SSSR count). The molecule has 1 amide bonds. The summed E-state index contributed by atoms with van der Waals surface area (Å²) < 4.78 is 10.8. The van der Waals surface area contributed by atoms with Crippen molar-refractivity contribution >= 4 is 34.1 Å². The quantitative estimate of drug-likeness (QED) is 0.374. The molecule has 2 fully saturated rings. The molecule has 4 aromatic rings. The van der Waals surface area contributed by atoms with Crippen LogP contribution in [-0.4, -0.2) is 46.4 Å². The Balaban J connectivity index is 1.14. The lowest BCUT2D eigenvalue weighted by Gasteiger charge is -2.33. The van der Waals surface area contributed by atoms with Crippen LogP contribution in [0.25, 0.3) is 10.9 Å². The number of methoxy groups -OCH3 is 2. The van der Waals surface area contributed by atoms with Gasteiger partial charge in [0.15, 0.2) is 5.82 Å². The van der Waals surface area contributed by atoms with Crippen LogP contribution in [0.5, 0.6) is 5.75 Å². The Bertz CT molecular complexity index is 1510. The van der Waals surface area contributed by atoms with Crippen LogP contribution >= 0.6 is 0 Å². The maximum Gasteiger partial charge on any atom is 0.235 e. The fourth-order valence-corrected chi connectivity index (χ4v) is 5.83. The first kappa shape index (κ1) is 21.3. The Hall–Kier alpha value is -3.98. The van der Waals surface area contributed by atoms with Gasteiger partial charge in [0.25, 0.3) is 0 Å². The summed E-state index contributed by atoms with van der Waals surface area (Å²) in [5.74, 6) is 2.76. The summed E-state index contributed by atoms with van der Waals surface area (Å²) in [4.78, 5) is 21.8. The van der Waals surface area contributed by atoms with Gasteiger partial charge in [-0.3, -0.25) is 9.89 Å². The number of carbonyl (C=O) groups excluding carboxylic acids is 1. The van der Waals surface area contributed by atoms with Gasteiger partial charge in [0, 0.05) is 41.8 Å². The summed E-state index contributed by atoms with van der Waals surface area (Å²) in [5, 5.41) is 15.0. The van der Waals surface area contributed by atoms with Gasteiger partial charge in [-0.25, -0.2) is 9.97 Å². The number of aromatic nitrogens is 4. The summed E-state index contributed by atoms with van der Waals surface area (Å²) >= 11 is 0. The van der Waals surface area contributed by atoms with E-state index in [0.717, 1.165) is 58.4 Å². The third kappa shape index (κ3) is 3.12. The molecule has 1 spiro atoms. The van der Waals surface area contributed by atoms with Crippen molar-refractivity contribution in [3.8, 4) is 5.75 Å². The van der Waals surface area contributed by atoms with E-state index in [4.69, 9.17) is 9.47 Å². The van der Waals surface area contributed by atoms with Gasteiger partial charge in [0.2, 0.25) is 5.91 Å². The number of benzene rings is 2. The summed E-state index contributed by atoms with van der Waals surface area (Å²) in [7, 11) is 3.40. The lowest BCUT2D eigenvalue weighted by molar-refractivity contribution is -0.118. The molecule has 3 aliphatic rings. The standard InChI is InChI=1S/C27H26N6O3/c1-35-16-4-6-21-19(10-16)27(26(34)30-21)12-20(27)14-3-5-18-23(9-14)32-33-25(18)31-24-11-22(28-13-29-24)15-7-17(8-15)36-2/h3-6,9-11,13,15,17,20H,7-8,12H2,1-2H3,(H,30,34)(H2,28,29,31,32,33)/t15?,17?,20-,27-/m0/s1. The number of H-pyrrole nitrogens is 1. The SMILES string of the molecule is COc1ccc2c(c1)[C@]1(C[C@H]1c1ccc3c(Nc4cc(C5CC(OC)C5)ncn4)n[nH]c3c1)C(=O)N2. The Labute approximate surface area is 207 Å². The molecule has 9 nitrogen and oxygen atoms in total. The Morgan fingerprint density at radius 2 is 1.97 bits per heavy atom. The smallest absolute Gasteiger partial charge is 0.235 e. The third-order valence-corrected chi connectivity index (χ3v) is 8.09. The van der Waals surface area contributed by atoms with Crippen LogP contribution in [0.3, 0.4) is 0 Å². The molecule has 0 unspecified atom stereocenters. The number of amides is 1. The highest BCUT2D eigenvalue weighted by Crippen LogP contribution is 2.65. The second-order valence-corrected chi connectivity index (χ2v) is 9.95. The first-order valence-corrected chi connectivity index (χ1v) is 12.2. The van der Waals surface area contributed by atoms with Gasteiger partial charge in [-0.05, 0) is 60.7 Å². The molecule has 2 aromatic carbocycles. The first-order valence-electron chi connectivity index (χ1n) is 12.2. The number of nitrogens with zero attached hydrogens (tertiary/aromatic N) is 3. The average Bonchev–Trinajstić information content (AvgIpc) is 3.42. The molecule has 0 radical (unpaired) electrons. The molecule has 2 aliphatic carbocycles. The van der Waals surface area contributed by atoms with Crippen molar-refractivity contribution in [2.24, 2.45) is 0 Å². The van der Waals surface area contributed by atoms with E-state index in [9.17, 15) is 4.79 Å². The zero-order valence-electron chi connectivity index (χ0n) is 20.0. The predicted octanol–water partition coefficient (Wildman–Crippen LogP) is 4.37. The van der Waals surface area contributed by atoms with E-state index in [0.29, 0.717) is 23.7 Å². The van der Waals surface area contributed by atoms with E-state index < -0.39 is 5.41 Å². The highest BCUT2D eigenvalue weighted by atomic mass is 16.5. The van der Waals surface area contributed by atoms with E-state index in [1.165, 1.54) is 0 Å². The summed E-state index contributed by atoms with van der Waals surface area (Å²) in [6, 6.07) is 14.0. The monoisotopic (exact) mass is 482 g/mol. The number of aromatic amines is 1. The molecule has 0 saturated heterocycles. The number of nitrogens with one attached hydrogen (secondary N) is 3. The molecule has 2 aromatic heterocycles. The average molecular weight is 483 g/mol. The lowest BCUT2D eigenvalue weighted by Crippen LogP contribution is -2.29. The van der Waals surface area contributed by atoms with Crippen LogP contribution in [0, 0.1) is 0 Å². The fraction of sp³-hybridized carbons (Fsp3) is 0.333. The highest BCUT2D eigenvalue weighted by Gasteiger charge is 2.65. The van der Waals surface area contributed by atoms with E-state index in [2.05, 4.69) is 49.0 Å². The van der Waals surface area contributed by atoms with Gasteiger partial charge >= 0.3 is 0 Å². The molecular weight excluding hydrogens is 456 g/mol. The molecular formula is C27H26N6O3. The molecule has 3 heterocycles. The van der Waals surface area contributed by atoms with Gasteiger partial charge in [0.05, 0.1) is 24.1 Å². The van der Waals surface area contributed by atoms with Crippen LogP contribution in [0.1, 0.15) is 47.9 Å². The van der Waals surface area contributed by atoms with Crippen LogP contribution in [0.4, 0.5) is 17.3 Å². The highest BCUT2D eigenvalue weighted by molar-refractivity contribution is 6.10. The number of fused-ring (bicyclic) bond motifs is 3. The molecule has 0 bridgehead atoms. The van der Waals surface area contributed by atoms with Crippen molar-refractivity contribution in [3.63, 3.8) is 0 Å². The van der Waals surface area contributed by atoms with Crippen LogP contribution < -0.4 is 15.4 Å². The number of carbonyl (C=O) groups is 1. The van der Waals surface area contributed by atoms with Crippen molar-refractivity contribution in [2.75, 3.05) is 24.9 Å². The van der Waals surface area contributed by atoms with Gasteiger partial charge in [-0.1, -0.05) is 6.07 Å². The van der Waals surface area contributed by atoms with Crippen LogP contribution in [-0.2, 0) is 14.9 Å². The molecule has 36 heavy (non-hydrogen) atoms. The number of hydrogen-bond acceptors (Lipinski definition) is 7.